The molecule has 17 heavy (non-hydrogen) atoms. The first-order valence-corrected chi connectivity index (χ1v) is 5.43. The molecule has 94 valence electrons. The number of hydrogen-bond acceptors (Lipinski definition) is 5. The number of rotatable bonds is 2. The van der Waals surface area contributed by atoms with Crippen LogP contribution in [0.1, 0.15) is 11.7 Å². The van der Waals surface area contributed by atoms with Crippen molar-refractivity contribution in [2.24, 2.45) is 0 Å². The van der Waals surface area contributed by atoms with Gasteiger partial charge >= 0.3 is 0 Å². The Balaban J connectivity index is 2.16. The molecule has 0 unspecified atom stereocenters. The van der Waals surface area contributed by atoms with E-state index in [1.165, 1.54) is 0 Å². The van der Waals surface area contributed by atoms with Crippen molar-refractivity contribution in [3.8, 4) is 5.75 Å². The summed E-state index contributed by atoms with van der Waals surface area (Å²) in [6.07, 6.45) is -3.98. The molecule has 1 aliphatic heterocycles. The molecule has 0 saturated carbocycles. The summed E-state index contributed by atoms with van der Waals surface area (Å²) in [7, 11) is 1.57. The molecule has 0 aliphatic carbocycles. The topological polar surface area (TPSA) is 79.2 Å². The molecule has 0 spiro atoms. The second-order valence-electron chi connectivity index (χ2n) is 4.08. The molecule has 1 aliphatic rings. The molecule has 0 aromatic heterocycles. The fraction of sp³-hybridized carbons (Fsp3) is 0.500. The average molecular weight is 240 g/mol. The normalized spacial score (nSPS) is 33.4. The number of aliphatic hydroxyl groups excluding tert-OH is 3. The molecule has 5 heteroatoms. The standard InChI is InChI=1S/C12H16O5/c1-16-8-4-2-7(3-5-8)12-11(15)10(14)9(13)6-17-12/h2-5,9-15H,6H2,1H3/t9-,10+,11-,12+/m1/s1. The van der Waals surface area contributed by atoms with Gasteiger partial charge in [0.2, 0.25) is 0 Å². The molecule has 1 aromatic rings. The van der Waals surface area contributed by atoms with Gasteiger partial charge in [0.15, 0.2) is 0 Å². The highest BCUT2D eigenvalue weighted by atomic mass is 16.5. The van der Waals surface area contributed by atoms with E-state index < -0.39 is 24.4 Å². The minimum atomic E-state index is -1.18. The summed E-state index contributed by atoms with van der Waals surface area (Å²) in [5.74, 6) is 0.708. The summed E-state index contributed by atoms with van der Waals surface area (Å²) < 4.78 is 10.4. The first-order valence-electron chi connectivity index (χ1n) is 5.43. The fourth-order valence-corrected chi connectivity index (χ4v) is 1.89. The maximum Gasteiger partial charge on any atom is 0.118 e. The summed E-state index contributed by atoms with van der Waals surface area (Å²) in [4.78, 5) is 0. The van der Waals surface area contributed by atoms with Crippen molar-refractivity contribution < 1.29 is 24.8 Å². The van der Waals surface area contributed by atoms with Gasteiger partial charge in [-0.15, -0.1) is 0 Å². The van der Waals surface area contributed by atoms with E-state index in [9.17, 15) is 15.3 Å². The van der Waals surface area contributed by atoms with Crippen LogP contribution in [0.5, 0.6) is 5.75 Å². The summed E-state index contributed by atoms with van der Waals surface area (Å²) in [6, 6.07) is 7.03. The molecule has 3 N–H and O–H groups in total. The highest BCUT2D eigenvalue weighted by Gasteiger charge is 2.38. The zero-order chi connectivity index (χ0) is 12.4. The van der Waals surface area contributed by atoms with Crippen LogP contribution >= 0.6 is 0 Å². The van der Waals surface area contributed by atoms with Crippen LogP contribution < -0.4 is 4.74 Å². The molecule has 4 atom stereocenters. The molecule has 5 nitrogen and oxygen atoms in total. The molecule has 1 heterocycles. The van der Waals surface area contributed by atoms with Crippen LogP contribution in [0.2, 0.25) is 0 Å². The zero-order valence-electron chi connectivity index (χ0n) is 9.48. The van der Waals surface area contributed by atoms with Crippen LogP contribution in [0.3, 0.4) is 0 Å². The predicted molar refractivity (Wildman–Crippen MR) is 59.7 cm³/mol. The van der Waals surface area contributed by atoms with Gasteiger partial charge < -0.3 is 24.8 Å². The Morgan fingerprint density at radius 1 is 1.12 bits per heavy atom. The fourth-order valence-electron chi connectivity index (χ4n) is 1.89. The Morgan fingerprint density at radius 3 is 2.35 bits per heavy atom. The lowest BCUT2D eigenvalue weighted by molar-refractivity contribution is -0.189. The van der Waals surface area contributed by atoms with Crippen LogP contribution in [-0.2, 0) is 4.74 Å². The van der Waals surface area contributed by atoms with Gasteiger partial charge in [-0.1, -0.05) is 12.1 Å². The van der Waals surface area contributed by atoms with Crippen LogP contribution in [0.4, 0.5) is 0 Å². The van der Waals surface area contributed by atoms with Gasteiger partial charge in [0.1, 0.15) is 30.2 Å². The predicted octanol–water partition coefficient (Wildman–Crippen LogP) is -0.151. The molecule has 1 saturated heterocycles. The van der Waals surface area contributed by atoms with Gasteiger partial charge in [0, 0.05) is 0 Å². The summed E-state index contributed by atoms with van der Waals surface area (Å²) in [5, 5.41) is 28.7. The molecule has 0 amide bonds. The lowest BCUT2D eigenvalue weighted by atomic mass is 9.95. The lowest BCUT2D eigenvalue weighted by Gasteiger charge is -2.35. The zero-order valence-corrected chi connectivity index (χ0v) is 9.48. The van der Waals surface area contributed by atoms with Gasteiger partial charge in [-0.25, -0.2) is 0 Å². The van der Waals surface area contributed by atoms with Crippen molar-refractivity contribution in [1.29, 1.82) is 0 Å². The second kappa shape index (κ2) is 5.01. The van der Waals surface area contributed by atoms with Gasteiger partial charge in [-0.3, -0.25) is 0 Å². The Morgan fingerprint density at radius 2 is 1.76 bits per heavy atom. The Bertz CT molecular complexity index is 364. The third-order valence-corrected chi connectivity index (χ3v) is 2.95. The minimum Gasteiger partial charge on any atom is -0.497 e. The Hall–Kier alpha value is -1.14. The third kappa shape index (κ3) is 2.42. The molecule has 2 rings (SSSR count). The smallest absolute Gasteiger partial charge is 0.118 e. The Kier molecular flexibility index (Phi) is 3.63. The molecule has 1 fully saturated rings. The third-order valence-electron chi connectivity index (χ3n) is 2.95. The minimum absolute atomic E-state index is 0.00885. The highest BCUT2D eigenvalue weighted by molar-refractivity contribution is 5.29. The van der Waals surface area contributed by atoms with Crippen molar-refractivity contribution >= 4 is 0 Å². The first kappa shape index (κ1) is 12.3. The quantitative estimate of drug-likeness (QED) is 0.670. The van der Waals surface area contributed by atoms with Crippen LogP contribution in [0, 0.1) is 0 Å². The van der Waals surface area contributed by atoms with E-state index in [0.717, 1.165) is 5.56 Å². The maximum absolute atomic E-state index is 9.82. The van der Waals surface area contributed by atoms with Crippen LogP contribution in [-0.4, -0.2) is 47.3 Å². The number of aliphatic hydroxyl groups is 3. The lowest BCUT2D eigenvalue weighted by Crippen LogP contribution is -2.48. The molecular weight excluding hydrogens is 224 g/mol. The molecule has 1 aromatic carbocycles. The first-order chi connectivity index (χ1) is 8.13. The SMILES string of the molecule is COc1ccc([C@@H]2OC[C@@H](O)[C@H](O)[C@H]2O)cc1. The van der Waals surface area contributed by atoms with Gasteiger partial charge in [-0.2, -0.15) is 0 Å². The van der Waals surface area contributed by atoms with E-state index in [2.05, 4.69) is 0 Å². The molecule has 0 bridgehead atoms. The number of ether oxygens (including phenoxy) is 2. The van der Waals surface area contributed by atoms with Gasteiger partial charge in [0.25, 0.3) is 0 Å². The maximum atomic E-state index is 9.82. The van der Waals surface area contributed by atoms with Crippen LogP contribution in [0.15, 0.2) is 24.3 Å². The van der Waals surface area contributed by atoms with Crippen molar-refractivity contribution in [2.45, 2.75) is 24.4 Å². The van der Waals surface area contributed by atoms with Crippen LogP contribution in [0.25, 0.3) is 0 Å². The van der Waals surface area contributed by atoms with E-state index >= 15 is 0 Å². The van der Waals surface area contributed by atoms with E-state index in [1.54, 1.807) is 31.4 Å². The monoisotopic (exact) mass is 240 g/mol. The number of benzene rings is 1. The summed E-state index contributed by atoms with van der Waals surface area (Å²) in [6.45, 7) is 0.00885. The van der Waals surface area contributed by atoms with E-state index in [-0.39, 0.29) is 6.61 Å². The van der Waals surface area contributed by atoms with Crippen molar-refractivity contribution in [2.75, 3.05) is 13.7 Å². The summed E-state index contributed by atoms with van der Waals surface area (Å²) in [5.41, 5.74) is 0.740. The second-order valence-corrected chi connectivity index (χ2v) is 4.08. The number of methoxy groups -OCH3 is 1. The van der Waals surface area contributed by atoms with Gasteiger partial charge in [-0.05, 0) is 17.7 Å². The van der Waals surface area contributed by atoms with Gasteiger partial charge in [0.05, 0.1) is 13.7 Å². The summed E-state index contributed by atoms with van der Waals surface area (Å²) >= 11 is 0. The largest absolute Gasteiger partial charge is 0.497 e. The number of hydrogen-bond donors (Lipinski definition) is 3. The average Bonchev–Trinajstić information content (AvgIpc) is 2.36. The molecule has 0 radical (unpaired) electrons. The van der Waals surface area contributed by atoms with E-state index in [0.29, 0.717) is 5.75 Å². The van der Waals surface area contributed by atoms with E-state index in [4.69, 9.17) is 9.47 Å². The van der Waals surface area contributed by atoms with Crippen molar-refractivity contribution in [1.82, 2.24) is 0 Å². The van der Waals surface area contributed by atoms with Crippen molar-refractivity contribution in [3.63, 3.8) is 0 Å². The van der Waals surface area contributed by atoms with Crippen molar-refractivity contribution in [3.05, 3.63) is 29.8 Å². The Labute approximate surface area is 99.2 Å². The van der Waals surface area contributed by atoms with E-state index in [1.807, 2.05) is 0 Å². The highest BCUT2D eigenvalue weighted by Crippen LogP contribution is 2.29. The molecular formula is C12H16O5.